The number of benzene rings is 1. The van der Waals surface area contributed by atoms with Crippen LogP contribution in [0.1, 0.15) is 32.1 Å². The summed E-state index contributed by atoms with van der Waals surface area (Å²) < 4.78 is 32.6. The van der Waals surface area contributed by atoms with Crippen molar-refractivity contribution in [1.82, 2.24) is 14.1 Å². The Morgan fingerprint density at radius 1 is 0.938 bits per heavy atom. The number of carbonyl (C=O) groups is 1. The van der Waals surface area contributed by atoms with Crippen LogP contribution in [0.15, 0.2) is 29.2 Å². The summed E-state index contributed by atoms with van der Waals surface area (Å²) in [5, 5.41) is 0.512. The van der Waals surface area contributed by atoms with Gasteiger partial charge in [-0.25, -0.2) is 8.42 Å². The smallest absolute Gasteiger partial charge is 0.243 e. The molecule has 0 spiro atoms. The van der Waals surface area contributed by atoms with Crippen molar-refractivity contribution in [2.24, 2.45) is 11.8 Å². The van der Waals surface area contributed by atoms with Gasteiger partial charge < -0.3 is 9.64 Å². The molecule has 0 N–H and O–H groups in total. The molecule has 32 heavy (non-hydrogen) atoms. The Hall–Kier alpha value is -1.19. The zero-order chi connectivity index (χ0) is 22.6. The molecule has 0 radical (unpaired) electrons. The summed E-state index contributed by atoms with van der Waals surface area (Å²) in [5.41, 5.74) is 0. The highest BCUT2D eigenvalue weighted by Crippen LogP contribution is 2.28. The lowest BCUT2D eigenvalue weighted by molar-refractivity contribution is -0.138. The number of sulfonamides is 1. The predicted octanol–water partition coefficient (Wildman–Crippen LogP) is 2.70. The minimum Gasteiger partial charge on any atom is -0.379 e. The molecular formula is C23H34ClN3O4S. The van der Waals surface area contributed by atoms with E-state index in [9.17, 15) is 13.2 Å². The molecule has 3 saturated heterocycles. The van der Waals surface area contributed by atoms with E-state index in [1.165, 1.54) is 22.9 Å². The molecule has 0 aliphatic carbocycles. The van der Waals surface area contributed by atoms with Gasteiger partial charge in [-0.15, -0.1) is 0 Å². The predicted molar refractivity (Wildman–Crippen MR) is 124 cm³/mol. The Morgan fingerprint density at radius 2 is 1.56 bits per heavy atom. The quantitative estimate of drug-likeness (QED) is 0.622. The number of carbonyl (C=O) groups excluding carboxylic acids is 1. The Kier molecular flexibility index (Phi) is 8.10. The molecule has 0 unspecified atom stereocenters. The molecule has 0 aromatic heterocycles. The van der Waals surface area contributed by atoms with Crippen molar-refractivity contribution >= 4 is 27.5 Å². The number of hydrogen-bond donors (Lipinski definition) is 0. The number of rotatable bonds is 6. The van der Waals surface area contributed by atoms with Crippen LogP contribution in [-0.4, -0.2) is 87.5 Å². The summed E-state index contributed by atoms with van der Waals surface area (Å²) in [6, 6.07) is 6.26. The van der Waals surface area contributed by atoms with Gasteiger partial charge in [-0.1, -0.05) is 11.6 Å². The largest absolute Gasteiger partial charge is 0.379 e. The van der Waals surface area contributed by atoms with E-state index in [4.69, 9.17) is 16.3 Å². The molecule has 9 heteroatoms. The van der Waals surface area contributed by atoms with E-state index >= 15 is 0 Å². The molecule has 4 rings (SSSR count). The molecule has 0 saturated carbocycles. The second-order valence-electron chi connectivity index (χ2n) is 9.14. The summed E-state index contributed by atoms with van der Waals surface area (Å²) in [7, 11) is -3.54. The zero-order valence-electron chi connectivity index (χ0n) is 18.6. The average molecular weight is 484 g/mol. The fraction of sp³-hybridized carbons (Fsp3) is 0.696. The van der Waals surface area contributed by atoms with E-state index in [0.717, 1.165) is 58.8 Å². The van der Waals surface area contributed by atoms with E-state index in [1.54, 1.807) is 12.1 Å². The Bertz CT molecular complexity index is 858. The molecule has 1 amide bonds. The lowest BCUT2D eigenvalue weighted by atomic mass is 9.91. The third-order valence-electron chi connectivity index (χ3n) is 7.14. The number of hydrogen-bond acceptors (Lipinski definition) is 5. The van der Waals surface area contributed by atoms with Gasteiger partial charge in [0.1, 0.15) is 0 Å². The summed E-state index contributed by atoms with van der Waals surface area (Å²) in [6.45, 7) is 7.30. The fourth-order valence-corrected chi connectivity index (χ4v) is 6.58. The number of nitrogens with zero attached hydrogens (tertiary/aromatic N) is 3. The lowest BCUT2D eigenvalue weighted by Crippen LogP contribution is -2.46. The van der Waals surface area contributed by atoms with E-state index in [1.807, 2.05) is 4.90 Å². The normalized spacial score (nSPS) is 22.8. The molecule has 3 heterocycles. The second-order valence-corrected chi connectivity index (χ2v) is 11.5. The first-order valence-corrected chi connectivity index (χ1v) is 13.6. The Labute approximate surface area is 196 Å². The first kappa shape index (κ1) is 24.0. The average Bonchev–Trinajstić information content (AvgIpc) is 2.84. The van der Waals surface area contributed by atoms with Gasteiger partial charge >= 0.3 is 0 Å². The minimum absolute atomic E-state index is 0.0726. The van der Waals surface area contributed by atoms with Gasteiger partial charge in [0.25, 0.3) is 0 Å². The Balaban J connectivity index is 1.21. The maximum absolute atomic E-state index is 13.1. The van der Waals surface area contributed by atoms with Crippen molar-refractivity contribution < 1.29 is 17.9 Å². The summed E-state index contributed by atoms with van der Waals surface area (Å²) in [5.74, 6) is 0.824. The van der Waals surface area contributed by atoms with Crippen LogP contribution >= 0.6 is 11.6 Å². The molecule has 0 atom stereocenters. The van der Waals surface area contributed by atoms with E-state index < -0.39 is 10.0 Å². The SMILES string of the molecule is O=C(C1CCN(S(=O)(=O)c2ccc(Cl)cc2)CC1)N1CCC(CCN2CCOCC2)CC1. The van der Waals surface area contributed by atoms with Crippen LogP contribution in [0.5, 0.6) is 0 Å². The molecular weight excluding hydrogens is 450 g/mol. The van der Waals surface area contributed by atoms with E-state index in [0.29, 0.717) is 36.9 Å². The maximum atomic E-state index is 13.1. The molecule has 1 aromatic carbocycles. The highest BCUT2D eigenvalue weighted by molar-refractivity contribution is 7.89. The molecule has 3 aliphatic rings. The molecule has 7 nitrogen and oxygen atoms in total. The van der Waals surface area contributed by atoms with Crippen LogP contribution < -0.4 is 0 Å². The molecule has 3 fully saturated rings. The fourth-order valence-electron chi connectivity index (χ4n) is 4.99. The summed E-state index contributed by atoms with van der Waals surface area (Å²) in [4.78, 5) is 17.8. The van der Waals surface area contributed by atoms with Gasteiger partial charge in [-0.05, 0) is 68.8 Å². The highest BCUT2D eigenvalue weighted by Gasteiger charge is 2.34. The van der Waals surface area contributed by atoms with Gasteiger partial charge in [0.2, 0.25) is 15.9 Å². The van der Waals surface area contributed by atoms with Gasteiger partial charge in [-0.3, -0.25) is 9.69 Å². The summed E-state index contributed by atoms with van der Waals surface area (Å²) in [6.07, 6.45) is 4.51. The second kappa shape index (κ2) is 10.8. The van der Waals surface area contributed by atoms with Gasteiger partial charge in [0.15, 0.2) is 0 Å². The standard InChI is InChI=1S/C23H34ClN3O4S/c24-21-1-3-22(4-2-21)32(29,30)27-13-8-20(9-14-27)23(28)26-11-6-19(7-12-26)5-10-25-15-17-31-18-16-25/h1-4,19-20H,5-18H2. The van der Waals surface area contributed by atoms with Crippen molar-refractivity contribution in [2.75, 3.05) is 59.0 Å². The molecule has 3 aliphatic heterocycles. The minimum atomic E-state index is -3.54. The monoisotopic (exact) mass is 483 g/mol. The number of halogens is 1. The topological polar surface area (TPSA) is 70.2 Å². The first-order valence-electron chi connectivity index (χ1n) is 11.8. The van der Waals surface area contributed by atoms with Gasteiger partial charge in [0, 0.05) is 50.2 Å². The van der Waals surface area contributed by atoms with Crippen molar-refractivity contribution in [3.8, 4) is 0 Å². The molecule has 178 valence electrons. The number of piperidine rings is 2. The maximum Gasteiger partial charge on any atom is 0.243 e. The molecule has 0 bridgehead atoms. The van der Waals surface area contributed by atoms with Crippen LogP contribution in [0.3, 0.4) is 0 Å². The Morgan fingerprint density at radius 3 is 2.19 bits per heavy atom. The van der Waals surface area contributed by atoms with Gasteiger partial charge in [-0.2, -0.15) is 4.31 Å². The van der Waals surface area contributed by atoms with Gasteiger partial charge in [0.05, 0.1) is 18.1 Å². The van der Waals surface area contributed by atoms with Crippen LogP contribution in [0.2, 0.25) is 5.02 Å². The number of ether oxygens (including phenoxy) is 1. The van der Waals surface area contributed by atoms with Crippen LogP contribution in [0.4, 0.5) is 0 Å². The van der Waals surface area contributed by atoms with Crippen molar-refractivity contribution in [3.63, 3.8) is 0 Å². The highest BCUT2D eigenvalue weighted by atomic mass is 35.5. The lowest BCUT2D eigenvalue weighted by Gasteiger charge is -2.37. The van der Waals surface area contributed by atoms with Crippen LogP contribution in [-0.2, 0) is 19.6 Å². The van der Waals surface area contributed by atoms with Crippen LogP contribution in [0, 0.1) is 11.8 Å². The third-order valence-corrected chi connectivity index (χ3v) is 9.30. The zero-order valence-corrected chi connectivity index (χ0v) is 20.2. The van der Waals surface area contributed by atoms with Crippen LogP contribution in [0.25, 0.3) is 0 Å². The third kappa shape index (κ3) is 5.83. The van der Waals surface area contributed by atoms with E-state index in [2.05, 4.69) is 4.90 Å². The number of likely N-dealkylation sites (tertiary alicyclic amines) is 1. The molecule has 1 aromatic rings. The summed E-state index contributed by atoms with van der Waals surface area (Å²) >= 11 is 5.88. The van der Waals surface area contributed by atoms with Crippen molar-refractivity contribution in [3.05, 3.63) is 29.3 Å². The number of morpholine rings is 1. The van der Waals surface area contributed by atoms with E-state index in [-0.39, 0.29) is 16.7 Å². The van der Waals surface area contributed by atoms with Crippen molar-refractivity contribution in [2.45, 2.75) is 37.0 Å². The van der Waals surface area contributed by atoms with Crippen molar-refractivity contribution in [1.29, 1.82) is 0 Å². The number of amides is 1. The first-order chi connectivity index (χ1) is 15.4.